The summed E-state index contributed by atoms with van der Waals surface area (Å²) in [7, 11) is 2.97. The van der Waals surface area contributed by atoms with Gasteiger partial charge in [0.25, 0.3) is 0 Å². The monoisotopic (exact) mass is 318 g/mol. The Hall–Kier alpha value is -1.80. The first-order chi connectivity index (χ1) is 9.85. The van der Waals surface area contributed by atoms with Crippen molar-refractivity contribution in [3.05, 3.63) is 39.8 Å². The summed E-state index contributed by atoms with van der Waals surface area (Å²) in [6.45, 7) is 0. The van der Waals surface area contributed by atoms with E-state index in [0.717, 1.165) is 6.20 Å². The number of aromatic nitrogens is 1. The van der Waals surface area contributed by atoms with Crippen LogP contribution < -0.4 is 15.2 Å². The lowest BCUT2D eigenvalue weighted by molar-refractivity contribution is -0.137. The minimum absolute atomic E-state index is 0.317. The number of benzene rings is 1. The molecule has 0 fully saturated rings. The van der Waals surface area contributed by atoms with Crippen molar-refractivity contribution in [2.24, 2.45) is 5.73 Å². The summed E-state index contributed by atoms with van der Waals surface area (Å²) in [6.07, 6.45) is -3.32. The Morgan fingerprint density at radius 3 is 2.14 bits per heavy atom. The second kappa shape index (κ2) is 5.90. The van der Waals surface area contributed by atoms with Crippen LogP contribution in [0.2, 0.25) is 0 Å². The third kappa shape index (κ3) is 3.45. The summed E-state index contributed by atoms with van der Waals surface area (Å²) in [6, 6.07) is 4.23. The molecular formula is C13H13F3N2O2S. The quantitative estimate of drug-likeness (QED) is 0.940. The van der Waals surface area contributed by atoms with Gasteiger partial charge in [-0.05, 0) is 17.7 Å². The van der Waals surface area contributed by atoms with Crippen molar-refractivity contribution in [2.75, 3.05) is 14.2 Å². The minimum atomic E-state index is -4.46. The molecule has 0 aliphatic rings. The zero-order chi connectivity index (χ0) is 15.6. The molecule has 0 radical (unpaired) electrons. The van der Waals surface area contributed by atoms with E-state index in [0.29, 0.717) is 33.3 Å². The molecule has 21 heavy (non-hydrogen) atoms. The van der Waals surface area contributed by atoms with Crippen LogP contribution in [0.25, 0.3) is 0 Å². The molecule has 0 amide bonds. The molecule has 1 aromatic heterocycles. The van der Waals surface area contributed by atoms with E-state index in [-0.39, 0.29) is 0 Å². The Balaban J connectivity index is 2.35. The molecule has 0 aliphatic heterocycles. The highest BCUT2D eigenvalue weighted by Gasteiger charge is 2.35. The zero-order valence-corrected chi connectivity index (χ0v) is 12.1. The van der Waals surface area contributed by atoms with Gasteiger partial charge in [0, 0.05) is 17.1 Å². The van der Waals surface area contributed by atoms with Gasteiger partial charge in [0.05, 0.1) is 20.3 Å². The highest BCUT2D eigenvalue weighted by Crippen LogP contribution is 2.36. The number of nitrogens with two attached hydrogens (primary N) is 1. The van der Waals surface area contributed by atoms with E-state index in [2.05, 4.69) is 4.98 Å². The van der Waals surface area contributed by atoms with Crippen molar-refractivity contribution in [1.29, 1.82) is 0 Å². The minimum Gasteiger partial charge on any atom is -0.497 e. The highest BCUT2D eigenvalue weighted by atomic mass is 32.1. The molecule has 1 atom stereocenters. The molecule has 0 aliphatic carbocycles. The Kier molecular flexibility index (Phi) is 4.38. The van der Waals surface area contributed by atoms with Crippen LogP contribution in [0.1, 0.15) is 21.5 Å². The maximum Gasteiger partial charge on any atom is 0.443 e. The van der Waals surface area contributed by atoms with Crippen LogP contribution in [0.5, 0.6) is 11.5 Å². The van der Waals surface area contributed by atoms with Gasteiger partial charge >= 0.3 is 6.18 Å². The predicted octanol–water partition coefficient (Wildman–Crippen LogP) is 3.23. The average Bonchev–Trinajstić information content (AvgIpc) is 2.95. The Morgan fingerprint density at radius 1 is 1.14 bits per heavy atom. The maximum absolute atomic E-state index is 12.6. The number of hydrogen-bond donors (Lipinski definition) is 1. The number of hydrogen-bond acceptors (Lipinski definition) is 5. The fourth-order valence-corrected chi connectivity index (χ4v) is 2.55. The maximum atomic E-state index is 12.6. The number of thiazole rings is 1. The zero-order valence-electron chi connectivity index (χ0n) is 11.3. The molecule has 0 spiro atoms. The van der Waals surface area contributed by atoms with Gasteiger partial charge in [-0.2, -0.15) is 13.2 Å². The molecule has 0 saturated carbocycles. The Morgan fingerprint density at radius 2 is 1.71 bits per heavy atom. The summed E-state index contributed by atoms with van der Waals surface area (Å²) in [5.74, 6) is 1.03. The van der Waals surface area contributed by atoms with Crippen molar-refractivity contribution in [1.82, 2.24) is 4.98 Å². The molecule has 2 aromatic rings. The Bertz CT molecular complexity index is 606. The number of rotatable bonds is 4. The third-order valence-electron chi connectivity index (χ3n) is 2.81. The summed E-state index contributed by atoms with van der Waals surface area (Å²) < 4.78 is 47.9. The molecule has 1 unspecified atom stereocenters. The average molecular weight is 318 g/mol. The highest BCUT2D eigenvalue weighted by molar-refractivity contribution is 7.11. The molecule has 0 saturated heterocycles. The van der Waals surface area contributed by atoms with Crippen LogP contribution in [-0.4, -0.2) is 19.2 Å². The van der Waals surface area contributed by atoms with Gasteiger partial charge in [-0.3, -0.25) is 0 Å². The number of ether oxygens (including phenoxy) is 2. The summed E-state index contributed by atoms with van der Waals surface area (Å²) in [5.41, 5.74) is 6.60. The predicted molar refractivity (Wildman–Crippen MR) is 72.7 cm³/mol. The molecule has 0 bridgehead atoms. The fourth-order valence-electron chi connectivity index (χ4n) is 1.73. The van der Waals surface area contributed by atoms with Crippen LogP contribution in [0.3, 0.4) is 0 Å². The smallest absolute Gasteiger partial charge is 0.443 e. The molecule has 114 valence electrons. The number of halogens is 3. The van der Waals surface area contributed by atoms with Crippen molar-refractivity contribution in [3.8, 4) is 11.5 Å². The van der Waals surface area contributed by atoms with Crippen molar-refractivity contribution >= 4 is 11.3 Å². The topological polar surface area (TPSA) is 57.4 Å². The molecule has 2 N–H and O–H groups in total. The van der Waals surface area contributed by atoms with E-state index in [4.69, 9.17) is 15.2 Å². The summed E-state index contributed by atoms with van der Waals surface area (Å²) >= 11 is 0.527. The van der Waals surface area contributed by atoms with E-state index in [1.165, 1.54) is 14.2 Å². The lowest BCUT2D eigenvalue weighted by Gasteiger charge is -2.13. The van der Waals surface area contributed by atoms with Crippen molar-refractivity contribution in [2.45, 2.75) is 12.2 Å². The SMILES string of the molecule is COc1cc(OC)cc(C(N)c2cnc(C(F)(F)F)s2)c1. The van der Waals surface area contributed by atoms with Crippen LogP contribution in [-0.2, 0) is 6.18 Å². The van der Waals surface area contributed by atoms with Gasteiger partial charge in [0.1, 0.15) is 11.5 Å². The van der Waals surface area contributed by atoms with Gasteiger partial charge in [-0.25, -0.2) is 4.98 Å². The molecule has 1 aromatic carbocycles. The van der Waals surface area contributed by atoms with Crippen LogP contribution >= 0.6 is 11.3 Å². The number of nitrogens with zero attached hydrogens (tertiary/aromatic N) is 1. The lowest BCUT2D eigenvalue weighted by Crippen LogP contribution is -2.10. The van der Waals surface area contributed by atoms with Gasteiger partial charge in [0.2, 0.25) is 0 Å². The third-order valence-corrected chi connectivity index (χ3v) is 3.93. The molecule has 8 heteroatoms. The van der Waals surface area contributed by atoms with E-state index in [1.807, 2.05) is 0 Å². The largest absolute Gasteiger partial charge is 0.497 e. The van der Waals surface area contributed by atoms with Gasteiger partial charge in [-0.1, -0.05) is 0 Å². The summed E-state index contributed by atoms with van der Waals surface area (Å²) in [5, 5.41) is -0.914. The number of methoxy groups -OCH3 is 2. The van der Waals surface area contributed by atoms with Crippen molar-refractivity contribution < 1.29 is 22.6 Å². The summed E-state index contributed by atoms with van der Waals surface area (Å²) in [4.78, 5) is 3.69. The van der Waals surface area contributed by atoms with Crippen LogP contribution in [0, 0.1) is 0 Å². The van der Waals surface area contributed by atoms with Crippen molar-refractivity contribution in [3.63, 3.8) is 0 Å². The second-order valence-corrected chi connectivity index (χ2v) is 5.25. The first-order valence-electron chi connectivity index (χ1n) is 5.86. The molecular weight excluding hydrogens is 305 g/mol. The standard InChI is InChI=1S/C13H13F3N2O2S/c1-19-8-3-7(4-9(5-8)20-2)11(17)10-6-18-12(21-10)13(14,15)16/h3-6,11H,17H2,1-2H3. The first kappa shape index (κ1) is 15.6. The van der Waals surface area contributed by atoms with Gasteiger partial charge in [-0.15, -0.1) is 11.3 Å². The van der Waals surface area contributed by atoms with E-state index < -0.39 is 17.2 Å². The fraction of sp³-hybridized carbons (Fsp3) is 0.308. The second-order valence-electron chi connectivity index (χ2n) is 4.19. The molecule has 4 nitrogen and oxygen atoms in total. The van der Waals surface area contributed by atoms with Gasteiger partial charge < -0.3 is 15.2 Å². The van der Waals surface area contributed by atoms with E-state index >= 15 is 0 Å². The molecule has 1 heterocycles. The van der Waals surface area contributed by atoms with Crippen LogP contribution in [0.15, 0.2) is 24.4 Å². The molecule has 2 rings (SSSR count). The van der Waals surface area contributed by atoms with E-state index in [9.17, 15) is 13.2 Å². The normalized spacial score (nSPS) is 13.0. The van der Waals surface area contributed by atoms with Crippen LogP contribution in [0.4, 0.5) is 13.2 Å². The number of alkyl halides is 3. The first-order valence-corrected chi connectivity index (χ1v) is 6.68. The van der Waals surface area contributed by atoms with E-state index in [1.54, 1.807) is 18.2 Å². The lowest BCUT2D eigenvalue weighted by atomic mass is 10.1. The Labute approximate surface area is 123 Å². The van der Waals surface area contributed by atoms with Gasteiger partial charge in [0.15, 0.2) is 5.01 Å².